The molecule has 0 bridgehead atoms. The van der Waals surface area contributed by atoms with Crippen LogP contribution in [0.3, 0.4) is 0 Å². The Balaban J connectivity index is 1.53. The Morgan fingerprint density at radius 2 is 2.07 bits per heavy atom. The van der Waals surface area contributed by atoms with Gasteiger partial charge in [0.05, 0.1) is 12.8 Å². The van der Waals surface area contributed by atoms with Gasteiger partial charge in [0.1, 0.15) is 11.4 Å². The molecular formula is C19H20F3N5O2. The average molecular weight is 407 g/mol. The summed E-state index contributed by atoms with van der Waals surface area (Å²) in [6, 6.07) is 9.91. The highest BCUT2D eigenvalue weighted by atomic mass is 19.4. The van der Waals surface area contributed by atoms with Gasteiger partial charge in [0.25, 0.3) is 5.91 Å². The number of nitrogens with zero attached hydrogens (tertiary/aromatic N) is 3. The second-order valence-corrected chi connectivity index (χ2v) is 6.40. The van der Waals surface area contributed by atoms with E-state index in [0.29, 0.717) is 23.6 Å². The molecule has 154 valence electrons. The third kappa shape index (κ3) is 4.95. The predicted molar refractivity (Wildman–Crippen MR) is 99.5 cm³/mol. The van der Waals surface area contributed by atoms with Crippen molar-refractivity contribution in [3.8, 4) is 17.0 Å². The number of hydrogen-bond acceptors (Lipinski definition) is 4. The maximum absolute atomic E-state index is 12.7. The van der Waals surface area contributed by atoms with Gasteiger partial charge in [-0.05, 0) is 37.6 Å². The van der Waals surface area contributed by atoms with Crippen LogP contribution in [0.2, 0.25) is 0 Å². The molecule has 3 rings (SSSR count). The molecule has 10 heteroatoms. The Morgan fingerprint density at radius 3 is 2.76 bits per heavy atom. The van der Waals surface area contributed by atoms with Crippen molar-refractivity contribution in [1.82, 2.24) is 25.3 Å². The molecule has 29 heavy (non-hydrogen) atoms. The number of carbonyl (C=O) groups is 1. The summed E-state index contributed by atoms with van der Waals surface area (Å²) in [7, 11) is 1.57. The summed E-state index contributed by atoms with van der Waals surface area (Å²) in [5.41, 5.74) is 1.19. The van der Waals surface area contributed by atoms with Gasteiger partial charge >= 0.3 is 6.18 Å². The van der Waals surface area contributed by atoms with Crippen LogP contribution in [-0.4, -0.2) is 39.5 Å². The van der Waals surface area contributed by atoms with Crippen LogP contribution in [0, 0.1) is 6.92 Å². The molecule has 1 amide bonds. The number of benzene rings is 1. The van der Waals surface area contributed by atoms with Crippen molar-refractivity contribution in [1.29, 1.82) is 0 Å². The van der Waals surface area contributed by atoms with Crippen molar-refractivity contribution < 1.29 is 22.7 Å². The van der Waals surface area contributed by atoms with Gasteiger partial charge in [0, 0.05) is 24.3 Å². The first-order valence-corrected chi connectivity index (χ1v) is 8.87. The van der Waals surface area contributed by atoms with Crippen molar-refractivity contribution in [3.05, 3.63) is 53.5 Å². The van der Waals surface area contributed by atoms with Gasteiger partial charge in [-0.2, -0.15) is 23.4 Å². The fraction of sp³-hybridized carbons (Fsp3) is 0.316. The predicted octanol–water partition coefficient (Wildman–Crippen LogP) is 3.43. The van der Waals surface area contributed by atoms with E-state index in [1.54, 1.807) is 26.2 Å². The minimum Gasteiger partial charge on any atom is -0.497 e. The highest BCUT2D eigenvalue weighted by Gasteiger charge is 2.34. The maximum Gasteiger partial charge on any atom is 0.435 e. The van der Waals surface area contributed by atoms with Crippen LogP contribution < -0.4 is 10.1 Å². The van der Waals surface area contributed by atoms with Crippen molar-refractivity contribution in [3.63, 3.8) is 0 Å². The average Bonchev–Trinajstić information content (AvgIpc) is 3.32. The van der Waals surface area contributed by atoms with Crippen LogP contribution in [0.15, 0.2) is 36.4 Å². The molecule has 0 aliphatic heterocycles. The first-order valence-electron chi connectivity index (χ1n) is 8.87. The van der Waals surface area contributed by atoms with Gasteiger partial charge < -0.3 is 10.1 Å². The fourth-order valence-corrected chi connectivity index (χ4v) is 2.77. The van der Waals surface area contributed by atoms with E-state index in [9.17, 15) is 18.0 Å². The van der Waals surface area contributed by atoms with Gasteiger partial charge in [-0.3, -0.25) is 14.6 Å². The normalized spacial score (nSPS) is 11.5. The van der Waals surface area contributed by atoms with Crippen LogP contribution >= 0.6 is 0 Å². The number of nitrogens with one attached hydrogen (secondary N) is 2. The molecule has 0 aliphatic carbocycles. The number of carbonyl (C=O) groups excluding carboxylic acids is 1. The summed E-state index contributed by atoms with van der Waals surface area (Å²) < 4.78 is 44.5. The molecule has 1 aromatic carbocycles. The molecule has 3 aromatic rings. The number of hydrogen-bond donors (Lipinski definition) is 2. The van der Waals surface area contributed by atoms with Crippen molar-refractivity contribution in [2.24, 2.45) is 0 Å². The van der Waals surface area contributed by atoms with E-state index >= 15 is 0 Å². The molecule has 0 spiro atoms. The summed E-state index contributed by atoms with van der Waals surface area (Å²) in [5, 5.41) is 13.1. The van der Waals surface area contributed by atoms with Crippen LogP contribution in [-0.2, 0) is 12.7 Å². The summed E-state index contributed by atoms with van der Waals surface area (Å²) in [4.78, 5) is 12.2. The zero-order chi connectivity index (χ0) is 21.0. The number of aromatic amines is 1. The molecule has 2 heterocycles. The minimum atomic E-state index is -4.47. The van der Waals surface area contributed by atoms with Gasteiger partial charge in [0.15, 0.2) is 5.69 Å². The van der Waals surface area contributed by atoms with Gasteiger partial charge in [0.2, 0.25) is 0 Å². The van der Waals surface area contributed by atoms with Crippen molar-refractivity contribution in [2.75, 3.05) is 13.7 Å². The van der Waals surface area contributed by atoms with Crippen LogP contribution in [0.4, 0.5) is 13.2 Å². The number of amides is 1. The molecule has 0 fully saturated rings. The molecule has 7 nitrogen and oxygen atoms in total. The summed E-state index contributed by atoms with van der Waals surface area (Å²) in [5.74, 6) is 0.332. The number of aromatic nitrogens is 4. The standard InChI is InChI=1S/C19H20F3N5O2/c1-12-9-17(19(20,21)22)26-27(12)8-4-7-23-18(28)16-11-15(24-25-16)13-5-3-6-14(10-13)29-2/h3,5-6,9-11H,4,7-8H2,1-2H3,(H,23,28)(H,24,25). The highest BCUT2D eigenvalue weighted by molar-refractivity contribution is 5.93. The van der Waals surface area contributed by atoms with Crippen LogP contribution in [0.1, 0.15) is 28.3 Å². The van der Waals surface area contributed by atoms with E-state index < -0.39 is 11.9 Å². The first-order chi connectivity index (χ1) is 13.8. The largest absolute Gasteiger partial charge is 0.497 e. The Morgan fingerprint density at radius 1 is 1.28 bits per heavy atom. The van der Waals surface area contributed by atoms with E-state index in [1.807, 2.05) is 18.2 Å². The van der Waals surface area contributed by atoms with E-state index in [4.69, 9.17) is 4.74 Å². The number of alkyl halides is 3. The third-order valence-corrected chi connectivity index (χ3v) is 4.29. The van der Waals surface area contributed by atoms with E-state index in [1.165, 1.54) is 4.68 Å². The molecular weight excluding hydrogens is 387 g/mol. The smallest absolute Gasteiger partial charge is 0.435 e. The lowest BCUT2D eigenvalue weighted by Gasteiger charge is -2.06. The van der Waals surface area contributed by atoms with E-state index in [0.717, 1.165) is 11.6 Å². The van der Waals surface area contributed by atoms with Crippen molar-refractivity contribution in [2.45, 2.75) is 26.1 Å². The monoisotopic (exact) mass is 407 g/mol. The molecule has 2 aromatic heterocycles. The molecule has 0 saturated carbocycles. The molecule has 0 radical (unpaired) electrons. The molecule has 2 N–H and O–H groups in total. The number of halogens is 3. The summed E-state index contributed by atoms with van der Waals surface area (Å²) in [6.07, 6.45) is -4.03. The molecule has 0 unspecified atom stereocenters. The lowest BCUT2D eigenvalue weighted by molar-refractivity contribution is -0.141. The van der Waals surface area contributed by atoms with Crippen molar-refractivity contribution >= 4 is 5.91 Å². The van der Waals surface area contributed by atoms with Crippen LogP contribution in [0.25, 0.3) is 11.3 Å². The third-order valence-electron chi connectivity index (χ3n) is 4.29. The Bertz CT molecular complexity index is 994. The number of methoxy groups -OCH3 is 1. The fourth-order valence-electron chi connectivity index (χ4n) is 2.77. The molecule has 0 saturated heterocycles. The Labute approximate surface area is 164 Å². The SMILES string of the molecule is COc1cccc(-c2cc(C(=O)NCCCn3nc(C(F)(F)F)cc3C)[nH]n2)c1. The minimum absolute atomic E-state index is 0.264. The van der Waals surface area contributed by atoms with Crippen LogP contribution in [0.5, 0.6) is 5.75 Å². The van der Waals surface area contributed by atoms with Gasteiger partial charge in [-0.1, -0.05) is 12.1 Å². The maximum atomic E-state index is 12.7. The summed E-state index contributed by atoms with van der Waals surface area (Å²) in [6.45, 7) is 2.11. The lowest BCUT2D eigenvalue weighted by atomic mass is 10.1. The summed E-state index contributed by atoms with van der Waals surface area (Å²) >= 11 is 0. The van der Waals surface area contributed by atoms with E-state index in [-0.39, 0.29) is 24.7 Å². The van der Waals surface area contributed by atoms with Gasteiger partial charge in [-0.25, -0.2) is 0 Å². The molecule has 0 aliphatic rings. The second-order valence-electron chi connectivity index (χ2n) is 6.40. The zero-order valence-electron chi connectivity index (χ0n) is 15.9. The second kappa shape index (κ2) is 8.38. The first kappa shape index (κ1) is 20.4. The highest BCUT2D eigenvalue weighted by Crippen LogP contribution is 2.28. The lowest BCUT2D eigenvalue weighted by Crippen LogP contribution is -2.25. The molecule has 0 atom stereocenters. The van der Waals surface area contributed by atoms with Gasteiger partial charge in [-0.15, -0.1) is 0 Å². The topological polar surface area (TPSA) is 84.8 Å². The number of rotatable bonds is 7. The number of ether oxygens (including phenoxy) is 1. The Kier molecular flexibility index (Phi) is 5.90. The number of aryl methyl sites for hydroxylation is 2. The Hall–Kier alpha value is -3.30. The quantitative estimate of drug-likeness (QED) is 0.588. The zero-order valence-corrected chi connectivity index (χ0v) is 15.9. The van der Waals surface area contributed by atoms with E-state index in [2.05, 4.69) is 20.6 Å². The number of H-pyrrole nitrogens is 1.